The van der Waals surface area contributed by atoms with Crippen molar-refractivity contribution in [1.29, 1.82) is 0 Å². The summed E-state index contributed by atoms with van der Waals surface area (Å²) < 4.78 is 11.8. The molecule has 1 fully saturated rings. The van der Waals surface area contributed by atoms with Crippen molar-refractivity contribution in [2.24, 2.45) is 0 Å². The zero-order valence-corrected chi connectivity index (χ0v) is 15.8. The molecule has 1 atom stereocenters. The Bertz CT molecular complexity index is 901. The van der Waals surface area contributed by atoms with Crippen molar-refractivity contribution in [3.05, 3.63) is 53.7 Å². The normalized spacial score (nSPS) is 21.3. The smallest absolute Gasteiger partial charge is 0.259 e. The Morgan fingerprint density at radius 3 is 3.04 bits per heavy atom. The Hall–Kier alpha value is -3.09. The molecule has 0 aliphatic carbocycles. The van der Waals surface area contributed by atoms with E-state index in [4.69, 9.17) is 9.47 Å². The van der Waals surface area contributed by atoms with Crippen molar-refractivity contribution in [2.75, 3.05) is 26.2 Å². The molecule has 1 aromatic carbocycles. The number of nitrogens with one attached hydrogen (secondary N) is 1. The second-order valence-corrected chi connectivity index (χ2v) is 7.08. The van der Waals surface area contributed by atoms with Gasteiger partial charge in [0.25, 0.3) is 11.8 Å². The number of rotatable bonds is 3. The predicted octanol–water partition coefficient (Wildman–Crippen LogP) is 2.28. The highest BCUT2D eigenvalue weighted by atomic mass is 16.5. The Kier molecular flexibility index (Phi) is 4.90. The lowest BCUT2D eigenvalue weighted by Gasteiger charge is -2.42. The molecule has 3 heterocycles. The number of aromatic nitrogens is 1. The fraction of sp³-hybridized carbons (Fsp3) is 0.381. The minimum absolute atomic E-state index is 0.136. The van der Waals surface area contributed by atoms with Gasteiger partial charge in [0.1, 0.15) is 16.9 Å². The molecule has 1 N–H and O–H groups in total. The number of amides is 2. The highest BCUT2D eigenvalue weighted by Crippen LogP contribution is 2.33. The zero-order chi connectivity index (χ0) is 19.6. The average molecular weight is 381 g/mol. The SMILES string of the molecule is CCOc1ncccc1C(=O)N1CCCC2(CNC(=O)c3ccccc3O2)C1. The van der Waals surface area contributed by atoms with Gasteiger partial charge in [-0.3, -0.25) is 9.59 Å². The van der Waals surface area contributed by atoms with Crippen LogP contribution in [0.25, 0.3) is 0 Å². The molecule has 4 rings (SSSR count). The van der Waals surface area contributed by atoms with Gasteiger partial charge >= 0.3 is 0 Å². The van der Waals surface area contributed by atoms with E-state index in [1.165, 1.54) is 0 Å². The van der Waals surface area contributed by atoms with E-state index in [9.17, 15) is 9.59 Å². The molecule has 1 aromatic heterocycles. The van der Waals surface area contributed by atoms with Crippen molar-refractivity contribution in [1.82, 2.24) is 15.2 Å². The second kappa shape index (κ2) is 7.50. The third-order valence-corrected chi connectivity index (χ3v) is 5.14. The Labute approximate surface area is 163 Å². The number of likely N-dealkylation sites (tertiary alicyclic amines) is 1. The Morgan fingerprint density at radius 1 is 1.32 bits per heavy atom. The van der Waals surface area contributed by atoms with Crippen molar-refractivity contribution in [3.63, 3.8) is 0 Å². The topological polar surface area (TPSA) is 80.8 Å². The molecule has 2 amide bonds. The van der Waals surface area contributed by atoms with E-state index < -0.39 is 5.60 Å². The quantitative estimate of drug-likeness (QED) is 0.882. The molecular weight excluding hydrogens is 358 g/mol. The molecule has 28 heavy (non-hydrogen) atoms. The first-order chi connectivity index (χ1) is 13.6. The second-order valence-electron chi connectivity index (χ2n) is 7.08. The van der Waals surface area contributed by atoms with E-state index in [0.29, 0.717) is 49.0 Å². The van der Waals surface area contributed by atoms with E-state index in [2.05, 4.69) is 10.3 Å². The highest BCUT2D eigenvalue weighted by molar-refractivity contribution is 5.98. The number of carbonyl (C=O) groups excluding carboxylic acids is 2. The van der Waals surface area contributed by atoms with Crippen LogP contribution in [-0.2, 0) is 0 Å². The molecule has 2 aromatic rings. The number of fused-ring (bicyclic) bond motifs is 1. The summed E-state index contributed by atoms with van der Waals surface area (Å²) in [6, 6.07) is 10.7. The van der Waals surface area contributed by atoms with Gasteiger partial charge in [0.2, 0.25) is 5.88 Å². The van der Waals surface area contributed by atoms with Crippen molar-refractivity contribution < 1.29 is 19.1 Å². The summed E-state index contributed by atoms with van der Waals surface area (Å²) in [5.41, 5.74) is 0.317. The van der Waals surface area contributed by atoms with Gasteiger partial charge in [-0.15, -0.1) is 0 Å². The van der Waals surface area contributed by atoms with Crippen LogP contribution in [-0.4, -0.2) is 53.5 Å². The number of nitrogens with zero attached hydrogens (tertiary/aromatic N) is 2. The van der Waals surface area contributed by atoms with Gasteiger partial charge in [0.05, 0.1) is 25.3 Å². The van der Waals surface area contributed by atoms with E-state index in [0.717, 1.165) is 12.8 Å². The van der Waals surface area contributed by atoms with E-state index >= 15 is 0 Å². The molecule has 7 nitrogen and oxygen atoms in total. The van der Waals surface area contributed by atoms with Crippen LogP contribution in [0.1, 0.15) is 40.5 Å². The molecular formula is C21H23N3O4. The summed E-state index contributed by atoms with van der Waals surface area (Å²) in [7, 11) is 0. The molecule has 0 radical (unpaired) electrons. The van der Waals surface area contributed by atoms with Gasteiger partial charge in [0, 0.05) is 12.7 Å². The highest BCUT2D eigenvalue weighted by Gasteiger charge is 2.42. The van der Waals surface area contributed by atoms with Crippen molar-refractivity contribution >= 4 is 11.8 Å². The lowest BCUT2D eigenvalue weighted by molar-refractivity contribution is -0.00102. The number of hydrogen-bond donors (Lipinski definition) is 1. The van der Waals surface area contributed by atoms with Crippen molar-refractivity contribution in [3.8, 4) is 11.6 Å². The standard InChI is InChI=1S/C21H23N3O4/c1-2-27-19-16(8-5-11-22-19)20(26)24-12-6-10-21(14-24)13-23-18(25)15-7-3-4-9-17(15)28-21/h3-5,7-9,11H,2,6,10,12-14H2,1H3,(H,23,25). The molecule has 7 heteroatoms. The fourth-order valence-corrected chi connectivity index (χ4v) is 3.82. The molecule has 146 valence electrons. The zero-order valence-electron chi connectivity index (χ0n) is 15.8. The average Bonchev–Trinajstić information content (AvgIpc) is 2.85. The van der Waals surface area contributed by atoms with Crippen LogP contribution in [0.3, 0.4) is 0 Å². The van der Waals surface area contributed by atoms with Crippen molar-refractivity contribution in [2.45, 2.75) is 25.4 Å². The number of carbonyl (C=O) groups is 2. The van der Waals surface area contributed by atoms with E-state index in [1.54, 1.807) is 35.4 Å². The molecule has 2 aliphatic heterocycles. The van der Waals surface area contributed by atoms with Gasteiger partial charge in [-0.2, -0.15) is 0 Å². The third-order valence-electron chi connectivity index (χ3n) is 5.14. The Balaban J connectivity index is 1.60. The summed E-state index contributed by atoms with van der Waals surface area (Å²) in [5.74, 6) is 0.614. The molecule has 1 saturated heterocycles. The predicted molar refractivity (Wildman–Crippen MR) is 103 cm³/mol. The number of benzene rings is 1. The molecule has 0 saturated carbocycles. The maximum atomic E-state index is 13.2. The minimum atomic E-state index is -0.649. The van der Waals surface area contributed by atoms with Gasteiger partial charge in [0.15, 0.2) is 0 Å². The first kappa shape index (κ1) is 18.3. The monoisotopic (exact) mass is 381 g/mol. The third kappa shape index (κ3) is 3.40. The van der Waals surface area contributed by atoms with Crippen LogP contribution in [0, 0.1) is 0 Å². The molecule has 2 aliphatic rings. The van der Waals surface area contributed by atoms with Crippen LogP contribution in [0.4, 0.5) is 0 Å². The number of hydrogen-bond acceptors (Lipinski definition) is 5. The van der Waals surface area contributed by atoms with Crippen LogP contribution in [0.5, 0.6) is 11.6 Å². The minimum Gasteiger partial charge on any atom is -0.483 e. The molecule has 1 unspecified atom stereocenters. The first-order valence-electron chi connectivity index (χ1n) is 9.55. The number of piperidine rings is 1. The van der Waals surface area contributed by atoms with Crippen LogP contribution in [0.15, 0.2) is 42.6 Å². The maximum Gasteiger partial charge on any atom is 0.259 e. The lowest BCUT2D eigenvalue weighted by atomic mass is 9.92. The van der Waals surface area contributed by atoms with Gasteiger partial charge in [-0.25, -0.2) is 4.98 Å². The number of ether oxygens (including phenoxy) is 2. The Morgan fingerprint density at radius 2 is 2.18 bits per heavy atom. The number of pyridine rings is 1. The van der Waals surface area contributed by atoms with Crippen LogP contribution >= 0.6 is 0 Å². The summed E-state index contributed by atoms with van der Waals surface area (Å²) >= 11 is 0. The largest absolute Gasteiger partial charge is 0.483 e. The van der Waals surface area contributed by atoms with Gasteiger partial charge in [-0.05, 0) is 44.0 Å². The van der Waals surface area contributed by atoms with E-state index in [-0.39, 0.29) is 11.8 Å². The van der Waals surface area contributed by atoms with Gasteiger partial charge < -0.3 is 19.7 Å². The summed E-state index contributed by atoms with van der Waals surface area (Å²) in [6.07, 6.45) is 3.16. The molecule has 0 bridgehead atoms. The lowest BCUT2D eigenvalue weighted by Crippen LogP contribution is -2.57. The molecule has 1 spiro atoms. The number of para-hydroxylation sites is 1. The summed E-state index contributed by atoms with van der Waals surface area (Å²) in [4.78, 5) is 31.5. The van der Waals surface area contributed by atoms with Crippen LogP contribution in [0.2, 0.25) is 0 Å². The fourth-order valence-electron chi connectivity index (χ4n) is 3.82. The first-order valence-corrected chi connectivity index (χ1v) is 9.55. The summed E-state index contributed by atoms with van der Waals surface area (Å²) in [5, 5.41) is 2.95. The summed E-state index contributed by atoms with van der Waals surface area (Å²) in [6.45, 7) is 3.67. The van der Waals surface area contributed by atoms with E-state index in [1.807, 2.05) is 19.1 Å². The van der Waals surface area contributed by atoms with Gasteiger partial charge in [-0.1, -0.05) is 12.1 Å². The maximum absolute atomic E-state index is 13.2. The van der Waals surface area contributed by atoms with Crippen LogP contribution < -0.4 is 14.8 Å².